The molecule has 136 valence electrons. The molecule has 7 nitrogen and oxygen atoms in total. The zero-order valence-corrected chi connectivity index (χ0v) is 14.8. The Morgan fingerprint density at radius 1 is 1.35 bits per heavy atom. The Morgan fingerprint density at radius 2 is 2.15 bits per heavy atom. The summed E-state index contributed by atoms with van der Waals surface area (Å²) in [5.74, 6) is -1.46. The number of furan rings is 1. The quantitative estimate of drug-likeness (QED) is 0.716. The highest BCUT2D eigenvalue weighted by molar-refractivity contribution is 6.14. The molecular formula is C19H22N3O4+. The number of quaternary nitrogens is 1. The number of Topliss-reactive ketones (excluding diaryl/α,β-unsaturated/α-hetero) is 1. The van der Waals surface area contributed by atoms with E-state index in [4.69, 9.17) is 4.42 Å². The van der Waals surface area contributed by atoms with Crippen molar-refractivity contribution in [2.45, 2.75) is 12.5 Å². The van der Waals surface area contributed by atoms with Gasteiger partial charge in [-0.3, -0.25) is 14.6 Å². The average Bonchev–Trinajstić information content (AvgIpc) is 3.24. The molecule has 1 amide bonds. The van der Waals surface area contributed by atoms with Gasteiger partial charge in [0.1, 0.15) is 0 Å². The number of aromatic nitrogens is 1. The van der Waals surface area contributed by atoms with E-state index in [1.54, 1.807) is 30.6 Å². The summed E-state index contributed by atoms with van der Waals surface area (Å²) in [4.78, 5) is 32.4. The maximum absolute atomic E-state index is 12.9. The van der Waals surface area contributed by atoms with Crippen LogP contribution in [0.25, 0.3) is 0 Å². The van der Waals surface area contributed by atoms with Crippen LogP contribution >= 0.6 is 0 Å². The van der Waals surface area contributed by atoms with Crippen molar-refractivity contribution in [2.75, 3.05) is 27.2 Å². The molecular weight excluding hydrogens is 334 g/mol. The number of pyridine rings is 1. The summed E-state index contributed by atoms with van der Waals surface area (Å²) < 4.78 is 5.18. The number of hydrogen-bond acceptors (Lipinski definition) is 5. The van der Waals surface area contributed by atoms with Crippen LogP contribution in [-0.2, 0) is 4.79 Å². The molecule has 2 N–H and O–H groups in total. The van der Waals surface area contributed by atoms with Gasteiger partial charge in [0.15, 0.2) is 11.5 Å². The second kappa shape index (κ2) is 7.53. The third kappa shape index (κ3) is 3.39. The second-order valence-corrected chi connectivity index (χ2v) is 6.57. The Morgan fingerprint density at radius 3 is 2.77 bits per heavy atom. The van der Waals surface area contributed by atoms with Crippen LogP contribution in [0.3, 0.4) is 0 Å². The van der Waals surface area contributed by atoms with Crippen LogP contribution in [0.2, 0.25) is 0 Å². The van der Waals surface area contributed by atoms with E-state index in [0.29, 0.717) is 12.1 Å². The first-order chi connectivity index (χ1) is 12.5. The van der Waals surface area contributed by atoms with Crippen molar-refractivity contribution in [1.82, 2.24) is 9.88 Å². The molecule has 1 aliphatic heterocycles. The number of aliphatic hydroxyl groups excluding tert-OH is 1. The fourth-order valence-electron chi connectivity index (χ4n) is 3.14. The highest BCUT2D eigenvalue weighted by Gasteiger charge is 2.44. The lowest BCUT2D eigenvalue weighted by Gasteiger charge is -2.26. The highest BCUT2D eigenvalue weighted by Crippen LogP contribution is 2.38. The third-order valence-corrected chi connectivity index (χ3v) is 4.37. The summed E-state index contributed by atoms with van der Waals surface area (Å²) in [6, 6.07) is 5.98. The lowest BCUT2D eigenvalue weighted by atomic mass is 9.96. The van der Waals surface area contributed by atoms with E-state index in [0.717, 1.165) is 13.0 Å². The molecule has 2 aromatic rings. The van der Waals surface area contributed by atoms with Crippen molar-refractivity contribution in [3.8, 4) is 0 Å². The van der Waals surface area contributed by atoms with Gasteiger partial charge in [-0.1, -0.05) is 6.07 Å². The number of ketones is 1. The fourth-order valence-corrected chi connectivity index (χ4v) is 3.14. The monoisotopic (exact) mass is 356 g/mol. The molecule has 0 saturated heterocycles. The van der Waals surface area contributed by atoms with Gasteiger partial charge in [-0.2, -0.15) is 0 Å². The Hall–Kier alpha value is -2.93. The molecule has 0 bridgehead atoms. The molecule has 0 unspecified atom stereocenters. The molecule has 1 aliphatic rings. The minimum absolute atomic E-state index is 0.0372. The average molecular weight is 356 g/mol. The standard InChI is InChI=1S/C19H21N3O4/c1-21(2)9-5-10-22-16(13-6-3-8-20-12-13)15(18(24)19(22)25)17(23)14-7-4-11-26-14/h3-4,6-8,11-12,16,24H,5,9-10H2,1-2H3/p+1/t16-/m1/s1. The number of hydrogen-bond donors (Lipinski definition) is 2. The molecule has 1 atom stereocenters. The molecule has 0 fully saturated rings. The minimum atomic E-state index is -0.675. The Balaban J connectivity index is 1.97. The predicted molar refractivity (Wildman–Crippen MR) is 93.7 cm³/mol. The largest absolute Gasteiger partial charge is 0.503 e. The van der Waals surface area contributed by atoms with Crippen LogP contribution < -0.4 is 4.90 Å². The molecule has 0 saturated carbocycles. The zero-order valence-electron chi connectivity index (χ0n) is 14.8. The number of carbonyl (C=O) groups excluding carboxylic acids is 2. The first-order valence-electron chi connectivity index (χ1n) is 8.52. The molecule has 7 heteroatoms. The molecule has 0 aliphatic carbocycles. The summed E-state index contributed by atoms with van der Waals surface area (Å²) in [7, 11) is 4.07. The van der Waals surface area contributed by atoms with Gasteiger partial charge in [-0.05, 0) is 23.8 Å². The molecule has 0 spiro atoms. The SMILES string of the molecule is C[NH+](C)CCCN1C(=O)C(O)=C(C(=O)c2ccco2)[C@H]1c1cccnc1. The van der Waals surface area contributed by atoms with Crippen LogP contribution in [0.15, 0.2) is 58.7 Å². The van der Waals surface area contributed by atoms with E-state index >= 15 is 0 Å². The van der Waals surface area contributed by atoms with Gasteiger partial charge in [-0.25, -0.2) is 0 Å². The summed E-state index contributed by atoms with van der Waals surface area (Å²) in [6.45, 7) is 1.30. The van der Waals surface area contributed by atoms with Crippen LogP contribution in [0.4, 0.5) is 0 Å². The molecule has 2 aromatic heterocycles. The zero-order chi connectivity index (χ0) is 18.7. The normalized spacial score (nSPS) is 17.4. The number of nitrogens with zero attached hydrogens (tertiary/aromatic N) is 2. The van der Waals surface area contributed by atoms with Gasteiger partial charge >= 0.3 is 0 Å². The number of rotatable bonds is 7. The van der Waals surface area contributed by atoms with E-state index in [-0.39, 0.29) is 11.3 Å². The molecule has 0 radical (unpaired) electrons. The first kappa shape index (κ1) is 17.9. The first-order valence-corrected chi connectivity index (χ1v) is 8.52. The predicted octanol–water partition coefficient (Wildman–Crippen LogP) is 0.788. The van der Waals surface area contributed by atoms with Gasteiger partial charge in [0.25, 0.3) is 5.91 Å². The Kier molecular flexibility index (Phi) is 5.18. The van der Waals surface area contributed by atoms with E-state index in [1.807, 2.05) is 14.1 Å². The van der Waals surface area contributed by atoms with Crippen LogP contribution in [0, 0.1) is 0 Å². The Labute approximate surface area is 151 Å². The van der Waals surface area contributed by atoms with Crippen molar-refractivity contribution in [3.63, 3.8) is 0 Å². The summed E-state index contributed by atoms with van der Waals surface area (Å²) >= 11 is 0. The van der Waals surface area contributed by atoms with Gasteiger partial charge in [0.05, 0.1) is 38.5 Å². The van der Waals surface area contributed by atoms with E-state index in [2.05, 4.69) is 4.98 Å². The van der Waals surface area contributed by atoms with Crippen molar-refractivity contribution >= 4 is 11.7 Å². The molecule has 3 rings (SSSR count). The number of carbonyl (C=O) groups is 2. The summed E-state index contributed by atoms with van der Waals surface area (Å²) in [5, 5.41) is 10.4. The summed E-state index contributed by atoms with van der Waals surface area (Å²) in [5.41, 5.74) is 0.715. The number of aliphatic hydroxyl groups is 1. The van der Waals surface area contributed by atoms with Crippen molar-refractivity contribution in [2.24, 2.45) is 0 Å². The van der Waals surface area contributed by atoms with Crippen molar-refractivity contribution < 1.29 is 24.0 Å². The number of amides is 1. The van der Waals surface area contributed by atoms with E-state index in [1.165, 1.54) is 22.1 Å². The topological polar surface area (TPSA) is 88.1 Å². The lowest BCUT2D eigenvalue weighted by molar-refractivity contribution is -0.858. The second-order valence-electron chi connectivity index (χ2n) is 6.57. The maximum Gasteiger partial charge on any atom is 0.290 e. The van der Waals surface area contributed by atoms with Gasteiger partial charge < -0.3 is 19.3 Å². The smallest absolute Gasteiger partial charge is 0.290 e. The summed E-state index contributed by atoms with van der Waals surface area (Å²) in [6.07, 6.45) is 5.37. The minimum Gasteiger partial charge on any atom is -0.503 e. The van der Waals surface area contributed by atoms with E-state index in [9.17, 15) is 14.7 Å². The van der Waals surface area contributed by atoms with Crippen LogP contribution in [-0.4, -0.2) is 53.9 Å². The van der Waals surface area contributed by atoms with Crippen LogP contribution in [0.1, 0.15) is 28.6 Å². The van der Waals surface area contributed by atoms with E-state index < -0.39 is 23.5 Å². The van der Waals surface area contributed by atoms with Crippen molar-refractivity contribution in [1.29, 1.82) is 0 Å². The van der Waals surface area contributed by atoms with Gasteiger partial charge in [-0.15, -0.1) is 0 Å². The van der Waals surface area contributed by atoms with Crippen molar-refractivity contribution in [3.05, 3.63) is 65.6 Å². The van der Waals surface area contributed by atoms with Gasteiger partial charge in [0, 0.05) is 25.4 Å². The van der Waals surface area contributed by atoms with Gasteiger partial charge in [0.2, 0.25) is 5.78 Å². The molecule has 0 aromatic carbocycles. The van der Waals surface area contributed by atoms with Crippen LogP contribution in [0.5, 0.6) is 0 Å². The molecule has 3 heterocycles. The lowest BCUT2D eigenvalue weighted by Crippen LogP contribution is -3.05. The fraction of sp³-hybridized carbons (Fsp3) is 0.316. The number of nitrogens with one attached hydrogen (secondary N) is 1. The third-order valence-electron chi connectivity index (χ3n) is 4.37. The highest BCUT2D eigenvalue weighted by atomic mass is 16.3. The maximum atomic E-state index is 12.9. The Bertz CT molecular complexity index is 813. The molecule has 26 heavy (non-hydrogen) atoms.